The van der Waals surface area contributed by atoms with Crippen molar-refractivity contribution in [3.05, 3.63) is 71.8 Å². The molecule has 0 saturated carbocycles. The van der Waals surface area contributed by atoms with Gasteiger partial charge in [-0.1, -0.05) is 102 Å². The lowest BCUT2D eigenvalue weighted by Gasteiger charge is -2.27. The first-order valence-corrected chi connectivity index (χ1v) is 21.5. The fourth-order valence-corrected chi connectivity index (χ4v) is 6.53. The van der Waals surface area contributed by atoms with E-state index in [1.165, 1.54) is 6.92 Å². The van der Waals surface area contributed by atoms with Gasteiger partial charge in [-0.15, -0.1) is 0 Å². The summed E-state index contributed by atoms with van der Waals surface area (Å²) in [5, 5.41) is 29.7. The summed E-state index contributed by atoms with van der Waals surface area (Å²) in [4.78, 5) is 117. The smallest absolute Gasteiger partial charge is 0.322 e. The van der Waals surface area contributed by atoms with Gasteiger partial charge in [0.25, 0.3) is 0 Å². The molecule has 0 bridgehead atoms. The number of rotatable bonds is 27. The molecule has 352 valence electrons. The van der Waals surface area contributed by atoms with Crippen molar-refractivity contribution in [1.29, 1.82) is 0 Å². The number of carbonyl (C=O) groups excluding carboxylic acids is 8. The predicted molar refractivity (Wildman–Crippen MR) is 239 cm³/mol. The van der Waals surface area contributed by atoms with Gasteiger partial charge in [-0.05, 0) is 55.1 Å². The third-order valence-corrected chi connectivity index (χ3v) is 9.66. The standard InChI is InChI=1S/C45H67N9O10/c1-26(2)18-32(53-45(64)36(22-31-16-12-9-13-17-31)54-43(62)34(20-28(5)6)51-40(59)29(7)49-37(55)23-46)41(60)47-24-38(56)50-35(21-30-14-10-8-11-15-30)44(63)52-33(19-27(3)4)42(61)48-25-39(57)58/h8-17,26-29,32-36H,18-25,46H2,1-7H3,(H,47,60)(H,48,61)(H,49,55)(H,50,56)(H,51,59)(H,52,63)(H,53,64)(H,54,62)(H,57,58)/t29-,32+,33+,34+,35+,36+/m1/s1. The summed E-state index contributed by atoms with van der Waals surface area (Å²) in [5.41, 5.74) is 6.74. The molecule has 0 unspecified atom stereocenters. The van der Waals surface area contributed by atoms with Crippen molar-refractivity contribution in [2.45, 2.75) is 117 Å². The number of aliphatic carboxylic acids is 1. The second-order valence-corrected chi connectivity index (χ2v) is 17.0. The molecule has 19 nitrogen and oxygen atoms in total. The third kappa shape index (κ3) is 20.7. The summed E-state index contributed by atoms with van der Waals surface area (Å²) in [6.07, 6.45) is 0.562. The third-order valence-electron chi connectivity index (χ3n) is 9.66. The fourth-order valence-electron chi connectivity index (χ4n) is 6.53. The van der Waals surface area contributed by atoms with Crippen molar-refractivity contribution in [2.24, 2.45) is 23.5 Å². The average Bonchev–Trinajstić information content (AvgIpc) is 3.23. The monoisotopic (exact) mass is 894 g/mol. The lowest BCUT2D eigenvalue weighted by molar-refractivity contribution is -0.138. The maximum atomic E-state index is 14.1. The Hall–Kier alpha value is -6.37. The van der Waals surface area contributed by atoms with Gasteiger partial charge in [-0.25, -0.2) is 0 Å². The van der Waals surface area contributed by atoms with Gasteiger partial charge < -0.3 is 53.4 Å². The molecule has 2 aromatic carbocycles. The molecule has 0 aliphatic carbocycles. The predicted octanol–water partition coefficient (Wildman–Crippen LogP) is -0.185. The summed E-state index contributed by atoms with van der Waals surface area (Å²) >= 11 is 0. The molecule has 2 rings (SSSR count). The Morgan fingerprint density at radius 2 is 0.812 bits per heavy atom. The molecule has 0 saturated heterocycles. The van der Waals surface area contributed by atoms with Crippen molar-refractivity contribution >= 4 is 53.2 Å². The van der Waals surface area contributed by atoms with E-state index in [-0.39, 0.29) is 56.4 Å². The average molecular weight is 894 g/mol. The van der Waals surface area contributed by atoms with Gasteiger partial charge in [0, 0.05) is 12.8 Å². The molecule has 0 fully saturated rings. The van der Waals surface area contributed by atoms with Crippen LogP contribution in [0.5, 0.6) is 0 Å². The van der Waals surface area contributed by atoms with Gasteiger partial charge in [0.2, 0.25) is 47.3 Å². The van der Waals surface area contributed by atoms with Crippen LogP contribution in [0.3, 0.4) is 0 Å². The second kappa shape index (κ2) is 27.6. The van der Waals surface area contributed by atoms with Crippen LogP contribution in [0.25, 0.3) is 0 Å². The Morgan fingerprint density at radius 1 is 0.453 bits per heavy atom. The van der Waals surface area contributed by atoms with Gasteiger partial charge in [0.1, 0.15) is 42.8 Å². The van der Waals surface area contributed by atoms with E-state index in [2.05, 4.69) is 42.5 Å². The van der Waals surface area contributed by atoms with E-state index >= 15 is 0 Å². The molecule has 0 heterocycles. The maximum absolute atomic E-state index is 14.1. The molecule has 64 heavy (non-hydrogen) atoms. The molecule has 0 aliphatic heterocycles. The van der Waals surface area contributed by atoms with E-state index < -0.39 is 103 Å². The van der Waals surface area contributed by atoms with Gasteiger partial charge in [0.15, 0.2) is 0 Å². The number of hydrogen-bond acceptors (Lipinski definition) is 10. The molecule has 0 aromatic heterocycles. The van der Waals surface area contributed by atoms with Crippen LogP contribution in [0.15, 0.2) is 60.7 Å². The van der Waals surface area contributed by atoms with E-state index in [0.29, 0.717) is 11.1 Å². The van der Waals surface area contributed by atoms with Crippen molar-refractivity contribution in [3.8, 4) is 0 Å². The summed E-state index contributed by atoms with van der Waals surface area (Å²) < 4.78 is 0. The molecule has 0 aliphatic rings. The Labute approximate surface area is 375 Å². The van der Waals surface area contributed by atoms with E-state index in [1.807, 2.05) is 41.5 Å². The van der Waals surface area contributed by atoms with Crippen molar-refractivity contribution in [3.63, 3.8) is 0 Å². The number of carboxylic acid groups (broad SMARTS) is 1. The zero-order valence-corrected chi connectivity index (χ0v) is 37.8. The summed E-state index contributed by atoms with van der Waals surface area (Å²) in [6.45, 7) is 10.9. The molecular weight excluding hydrogens is 827 g/mol. The van der Waals surface area contributed by atoms with Crippen LogP contribution in [0, 0.1) is 17.8 Å². The van der Waals surface area contributed by atoms with Crippen LogP contribution in [0.4, 0.5) is 0 Å². The van der Waals surface area contributed by atoms with Crippen molar-refractivity contribution < 1.29 is 48.3 Å². The Balaban J connectivity index is 2.29. The number of nitrogens with two attached hydrogens (primary N) is 1. The molecule has 8 amide bonds. The second-order valence-electron chi connectivity index (χ2n) is 17.0. The number of carboxylic acids is 1. The normalized spacial score (nSPS) is 13.9. The largest absolute Gasteiger partial charge is 0.480 e. The zero-order valence-electron chi connectivity index (χ0n) is 37.8. The highest BCUT2D eigenvalue weighted by atomic mass is 16.4. The van der Waals surface area contributed by atoms with Crippen LogP contribution in [-0.4, -0.2) is 114 Å². The minimum absolute atomic E-state index is 0.0175. The summed E-state index contributed by atoms with van der Waals surface area (Å²) in [7, 11) is 0. The Morgan fingerprint density at radius 3 is 1.22 bits per heavy atom. The molecule has 19 heteroatoms. The van der Waals surface area contributed by atoms with E-state index in [0.717, 1.165) is 0 Å². The SMILES string of the molecule is CC(C)C[C@H](NC(=O)[C@H](Cc1ccccc1)NC(=O)CNC(=O)[C@H](CC(C)C)NC(=O)[C@H](Cc1ccccc1)NC(=O)[C@H](CC(C)C)NC(=O)[C@@H](C)NC(=O)CN)C(=O)NCC(=O)O. The topological polar surface area (TPSA) is 296 Å². The number of amides is 8. The van der Waals surface area contributed by atoms with Crippen LogP contribution < -0.4 is 48.3 Å². The highest BCUT2D eigenvalue weighted by Crippen LogP contribution is 2.12. The molecule has 11 N–H and O–H groups in total. The first-order chi connectivity index (χ1) is 30.2. The number of nitrogens with one attached hydrogen (secondary N) is 8. The Bertz CT molecular complexity index is 1880. The van der Waals surface area contributed by atoms with Crippen LogP contribution >= 0.6 is 0 Å². The summed E-state index contributed by atoms with van der Waals surface area (Å²) in [5.74, 6) is -6.94. The molecular formula is C45H67N9O10. The minimum Gasteiger partial charge on any atom is -0.480 e. The number of carbonyl (C=O) groups is 9. The van der Waals surface area contributed by atoms with Crippen LogP contribution in [0.1, 0.15) is 78.9 Å². The fraction of sp³-hybridized carbons (Fsp3) is 0.533. The van der Waals surface area contributed by atoms with Crippen LogP contribution in [-0.2, 0) is 56.0 Å². The van der Waals surface area contributed by atoms with Crippen LogP contribution in [0.2, 0.25) is 0 Å². The molecule has 0 spiro atoms. The molecule has 6 atom stereocenters. The van der Waals surface area contributed by atoms with Crippen molar-refractivity contribution in [2.75, 3.05) is 19.6 Å². The first kappa shape index (κ1) is 53.8. The maximum Gasteiger partial charge on any atom is 0.322 e. The van der Waals surface area contributed by atoms with Crippen molar-refractivity contribution in [1.82, 2.24) is 42.5 Å². The molecule has 2 aromatic rings. The van der Waals surface area contributed by atoms with E-state index in [9.17, 15) is 43.2 Å². The number of benzene rings is 2. The minimum atomic E-state index is -1.26. The zero-order chi connectivity index (χ0) is 47.9. The lowest BCUT2D eigenvalue weighted by Crippen LogP contribution is -2.59. The van der Waals surface area contributed by atoms with Gasteiger partial charge in [-0.2, -0.15) is 0 Å². The highest BCUT2D eigenvalue weighted by Gasteiger charge is 2.33. The quantitative estimate of drug-likeness (QED) is 0.0561. The van der Waals surface area contributed by atoms with Gasteiger partial charge in [-0.3, -0.25) is 43.2 Å². The van der Waals surface area contributed by atoms with Gasteiger partial charge >= 0.3 is 5.97 Å². The molecule has 0 radical (unpaired) electrons. The van der Waals surface area contributed by atoms with E-state index in [1.54, 1.807) is 60.7 Å². The summed E-state index contributed by atoms with van der Waals surface area (Å²) in [6, 6.07) is 10.8. The lowest BCUT2D eigenvalue weighted by atomic mass is 9.99. The first-order valence-electron chi connectivity index (χ1n) is 21.5. The van der Waals surface area contributed by atoms with E-state index in [4.69, 9.17) is 10.8 Å². The highest BCUT2D eigenvalue weighted by molar-refractivity contribution is 5.97. The Kier molecular flexibility index (Phi) is 23.2. The van der Waals surface area contributed by atoms with Gasteiger partial charge in [0.05, 0.1) is 13.1 Å². The number of hydrogen-bond donors (Lipinski definition) is 10.